The van der Waals surface area contributed by atoms with Crippen molar-refractivity contribution in [3.8, 4) is 0 Å². The van der Waals surface area contributed by atoms with Gasteiger partial charge in [-0.3, -0.25) is 9.48 Å². The number of nitrogens with one attached hydrogen (secondary N) is 1. The minimum absolute atomic E-state index is 0.0861. The normalized spacial score (nSPS) is 23.9. The van der Waals surface area contributed by atoms with Crippen LogP contribution in [0.1, 0.15) is 18.4 Å². The zero-order chi connectivity index (χ0) is 12.3. The van der Waals surface area contributed by atoms with Crippen LogP contribution in [0.3, 0.4) is 0 Å². The summed E-state index contributed by atoms with van der Waals surface area (Å²) in [5, 5.41) is 6.96. The first-order chi connectivity index (χ1) is 8.19. The lowest BCUT2D eigenvalue weighted by atomic mass is 9.92. The molecule has 6 heteroatoms. The van der Waals surface area contributed by atoms with Gasteiger partial charge >= 0.3 is 0 Å². The maximum Gasteiger partial charge on any atom is 0.257 e. The molecule has 1 amide bonds. The van der Waals surface area contributed by atoms with E-state index in [9.17, 15) is 4.79 Å². The van der Waals surface area contributed by atoms with E-state index in [0.29, 0.717) is 25.3 Å². The van der Waals surface area contributed by atoms with Crippen molar-refractivity contribution in [2.75, 3.05) is 18.9 Å². The largest absolute Gasteiger partial charge is 0.360 e. The highest BCUT2D eigenvalue weighted by Gasteiger charge is 2.45. The number of rotatable bonds is 4. The molecule has 2 rings (SSSR count). The molecule has 0 saturated carbocycles. The van der Waals surface area contributed by atoms with Gasteiger partial charge in [0.15, 0.2) is 5.60 Å². The number of ether oxygens (including phenoxy) is 1. The summed E-state index contributed by atoms with van der Waals surface area (Å²) in [6.07, 6.45) is 5.14. The van der Waals surface area contributed by atoms with Crippen LogP contribution in [0.4, 0.5) is 0 Å². The van der Waals surface area contributed by atoms with E-state index in [4.69, 9.17) is 4.74 Å². The Balaban J connectivity index is 2.23. The second kappa shape index (κ2) is 5.10. The molecule has 1 saturated heterocycles. The zero-order valence-corrected chi connectivity index (χ0v) is 10.7. The van der Waals surface area contributed by atoms with Crippen molar-refractivity contribution in [2.24, 2.45) is 7.05 Å². The van der Waals surface area contributed by atoms with Gasteiger partial charge < -0.3 is 10.1 Å². The third-order valence-electron chi connectivity index (χ3n) is 2.96. The second-order valence-corrected chi connectivity index (χ2v) is 4.61. The average molecular weight is 255 g/mol. The number of carbonyl (C=O) groups excluding carboxylic acids is 1. The van der Waals surface area contributed by atoms with Crippen molar-refractivity contribution in [3.63, 3.8) is 0 Å². The molecule has 1 unspecified atom stereocenters. The average Bonchev–Trinajstić information content (AvgIpc) is 2.94. The Bertz CT molecular complexity index is 399. The molecule has 2 heterocycles. The third-order valence-corrected chi connectivity index (χ3v) is 3.18. The van der Waals surface area contributed by atoms with Gasteiger partial charge in [-0.05, 0) is 12.8 Å². The van der Waals surface area contributed by atoms with E-state index >= 15 is 0 Å². The summed E-state index contributed by atoms with van der Waals surface area (Å²) < 4.78 is 7.39. The maximum atomic E-state index is 12.2. The summed E-state index contributed by atoms with van der Waals surface area (Å²) in [7, 11) is 1.83. The Labute approximate surface area is 106 Å². The molecule has 0 bridgehead atoms. The molecule has 1 aliphatic rings. The van der Waals surface area contributed by atoms with Gasteiger partial charge in [0.05, 0.1) is 6.20 Å². The van der Waals surface area contributed by atoms with Crippen LogP contribution >= 0.6 is 12.6 Å². The van der Waals surface area contributed by atoms with E-state index < -0.39 is 5.60 Å². The third kappa shape index (κ3) is 2.32. The summed E-state index contributed by atoms with van der Waals surface area (Å²) in [4.78, 5) is 12.2. The van der Waals surface area contributed by atoms with Crippen molar-refractivity contribution in [1.82, 2.24) is 15.1 Å². The van der Waals surface area contributed by atoms with Crippen molar-refractivity contribution in [1.29, 1.82) is 0 Å². The zero-order valence-electron chi connectivity index (χ0n) is 9.85. The van der Waals surface area contributed by atoms with E-state index in [1.54, 1.807) is 10.9 Å². The van der Waals surface area contributed by atoms with Crippen LogP contribution in [0.25, 0.3) is 0 Å². The summed E-state index contributed by atoms with van der Waals surface area (Å²) in [6.45, 7) is 1.16. The Kier molecular flexibility index (Phi) is 3.73. The Morgan fingerprint density at radius 2 is 2.59 bits per heavy atom. The molecule has 1 N–H and O–H groups in total. The monoisotopic (exact) mass is 255 g/mol. The number of carbonyl (C=O) groups is 1. The van der Waals surface area contributed by atoms with Crippen molar-refractivity contribution in [3.05, 3.63) is 18.0 Å². The van der Waals surface area contributed by atoms with Gasteiger partial charge in [-0.15, -0.1) is 0 Å². The van der Waals surface area contributed by atoms with Crippen LogP contribution in [0.5, 0.6) is 0 Å². The van der Waals surface area contributed by atoms with E-state index in [2.05, 4.69) is 23.0 Å². The fourth-order valence-electron chi connectivity index (χ4n) is 2.12. The summed E-state index contributed by atoms with van der Waals surface area (Å²) in [5.41, 5.74) is -0.0221. The highest BCUT2D eigenvalue weighted by molar-refractivity contribution is 7.80. The van der Waals surface area contributed by atoms with Crippen LogP contribution in [0, 0.1) is 0 Å². The maximum absolute atomic E-state index is 12.2. The molecule has 0 spiro atoms. The molecular formula is C11H17N3O2S. The highest BCUT2D eigenvalue weighted by Crippen LogP contribution is 2.36. The smallest absolute Gasteiger partial charge is 0.257 e. The SMILES string of the molecule is Cn1cc(C2(C(=O)NCCS)CCCO2)cn1. The topological polar surface area (TPSA) is 56.2 Å². The molecule has 1 fully saturated rings. The molecule has 1 aromatic rings. The summed E-state index contributed by atoms with van der Waals surface area (Å²) in [6, 6.07) is 0. The molecule has 94 valence electrons. The molecule has 1 atom stereocenters. The predicted molar refractivity (Wildman–Crippen MR) is 66.9 cm³/mol. The van der Waals surface area contributed by atoms with Gasteiger partial charge in [0, 0.05) is 37.7 Å². The number of nitrogens with zero attached hydrogens (tertiary/aromatic N) is 2. The molecule has 0 radical (unpaired) electrons. The molecule has 1 aliphatic heterocycles. The van der Waals surface area contributed by atoms with Gasteiger partial charge in [-0.25, -0.2) is 0 Å². The van der Waals surface area contributed by atoms with Gasteiger partial charge in [-0.2, -0.15) is 17.7 Å². The highest BCUT2D eigenvalue weighted by atomic mass is 32.1. The van der Waals surface area contributed by atoms with Crippen LogP contribution in [-0.2, 0) is 22.2 Å². The van der Waals surface area contributed by atoms with Crippen LogP contribution in [0.2, 0.25) is 0 Å². The number of thiol groups is 1. The van der Waals surface area contributed by atoms with Gasteiger partial charge in [0.2, 0.25) is 0 Å². The van der Waals surface area contributed by atoms with Gasteiger partial charge in [-0.1, -0.05) is 0 Å². The number of hydrogen-bond acceptors (Lipinski definition) is 4. The molecule has 0 aliphatic carbocycles. The molecule has 0 aromatic carbocycles. The molecular weight excluding hydrogens is 238 g/mol. The second-order valence-electron chi connectivity index (χ2n) is 4.16. The first-order valence-electron chi connectivity index (χ1n) is 5.71. The minimum atomic E-state index is -0.850. The van der Waals surface area contributed by atoms with Crippen molar-refractivity contribution >= 4 is 18.5 Å². The minimum Gasteiger partial charge on any atom is -0.360 e. The summed E-state index contributed by atoms with van der Waals surface area (Å²) in [5.74, 6) is 0.534. The predicted octanol–water partition coefficient (Wildman–Crippen LogP) is 0.472. The first-order valence-corrected chi connectivity index (χ1v) is 6.34. The Hall–Kier alpha value is -1.01. The molecule has 1 aromatic heterocycles. The summed E-state index contributed by atoms with van der Waals surface area (Å²) >= 11 is 4.08. The van der Waals surface area contributed by atoms with Gasteiger partial charge in [0.25, 0.3) is 5.91 Å². The Morgan fingerprint density at radius 1 is 1.76 bits per heavy atom. The van der Waals surface area contributed by atoms with E-state index in [1.165, 1.54) is 0 Å². The lowest BCUT2D eigenvalue weighted by molar-refractivity contribution is -0.142. The number of aromatic nitrogens is 2. The quantitative estimate of drug-likeness (QED) is 0.769. The lowest BCUT2D eigenvalue weighted by Crippen LogP contribution is -2.44. The van der Waals surface area contributed by atoms with Crippen molar-refractivity contribution in [2.45, 2.75) is 18.4 Å². The van der Waals surface area contributed by atoms with E-state index in [-0.39, 0.29) is 5.91 Å². The van der Waals surface area contributed by atoms with Crippen LogP contribution in [0.15, 0.2) is 12.4 Å². The fourth-order valence-corrected chi connectivity index (χ4v) is 2.23. The first kappa shape index (κ1) is 12.4. The van der Waals surface area contributed by atoms with Crippen LogP contribution < -0.4 is 5.32 Å². The Morgan fingerprint density at radius 3 is 3.12 bits per heavy atom. The van der Waals surface area contributed by atoms with Gasteiger partial charge in [0.1, 0.15) is 0 Å². The lowest BCUT2D eigenvalue weighted by Gasteiger charge is -2.25. The standard InChI is InChI=1S/C11H17N3O2S/c1-14-8-9(7-13-14)11(3-2-5-16-11)10(15)12-4-6-17/h7-8,17H,2-6H2,1H3,(H,12,15). The fraction of sp³-hybridized carbons (Fsp3) is 0.636. The van der Waals surface area contributed by atoms with E-state index in [0.717, 1.165) is 12.0 Å². The number of amides is 1. The van der Waals surface area contributed by atoms with Crippen molar-refractivity contribution < 1.29 is 9.53 Å². The molecule has 17 heavy (non-hydrogen) atoms. The number of aryl methyl sites for hydroxylation is 1. The molecule has 5 nitrogen and oxygen atoms in total. The van der Waals surface area contributed by atoms with Crippen LogP contribution in [-0.4, -0.2) is 34.6 Å². The van der Waals surface area contributed by atoms with E-state index in [1.807, 2.05) is 13.2 Å². The number of hydrogen-bond donors (Lipinski definition) is 2.